The van der Waals surface area contributed by atoms with Gasteiger partial charge in [-0.1, -0.05) is 12.1 Å². The number of carboxylic acid groups (broad SMARTS) is 1. The molecule has 1 aromatic carbocycles. The van der Waals surface area contributed by atoms with Crippen molar-refractivity contribution in [2.24, 2.45) is 7.05 Å². The number of carboxylic acids is 1. The molecule has 0 amide bonds. The molecule has 2 rings (SSSR count). The van der Waals surface area contributed by atoms with Crippen LogP contribution in [0.2, 0.25) is 0 Å². The van der Waals surface area contributed by atoms with Gasteiger partial charge in [-0.2, -0.15) is 18.3 Å². The lowest BCUT2D eigenvalue weighted by Crippen LogP contribution is -2.06. The highest BCUT2D eigenvalue weighted by Crippen LogP contribution is 2.33. The first-order valence-corrected chi connectivity index (χ1v) is 6.43. The molecule has 1 N–H and O–H groups in total. The fourth-order valence-electron chi connectivity index (χ4n) is 1.76. The van der Waals surface area contributed by atoms with Crippen LogP contribution in [0.1, 0.15) is 16.1 Å². The van der Waals surface area contributed by atoms with Gasteiger partial charge in [-0.05, 0) is 34.7 Å². The molecule has 0 unspecified atom stereocenters. The third-order valence-corrected chi connectivity index (χ3v) is 3.68. The third kappa shape index (κ3) is 2.65. The molecule has 0 bridgehead atoms. The number of hydrogen-bond donors (Lipinski definition) is 1. The van der Waals surface area contributed by atoms with Gasteiger partial charge in [-0.15, -0.1) is 0 Å². The fraction of sp³-hybridized carbons (Fsp3) is 0.167. The van der Waals surface area contributed by atoms with Gasteiger partial charge in [-0.3, -0.25) is 4.68 Å². The van der Waals surface area contributed by atoms with Crippen LogP contribution >= 0.6 is 22.6 Å². The summed E-state index contributed by atoms with van der Waals surface area (Å²) in [6, 6.07) is 4.64. The molecule has 0 spiro atoms. The number of benzene rings is 1. The van der Waals surface area contributed by atoms with Gasteiger partial charge in [-0.25, -0.2) is 4.79 Å². The summed E-state index contributed by atoms with van der Waals surface area (Å²) in [6.45, 7) is 0. The maximum Gasteiger partial charge on any atom is 0.416 e. The van der Waals surface area contributed by atoms with Crippen molar-refractivity contribution in [3.8, 4) is 11.3 Å². The van der Waals surface area contributed by atoms with Crippen LogP contribution in [0.5, 0.6) is 0 Å². The molecule has 0 aliphatic heterocycles. The maximum atomic E-state index is 12.7. The summed E-state index contributed by atoms with van der Waals surface area (Å²) in [7, 11) is 1.43. The Bertz CT molecular complexity index is 680. The summed E-state index contributed by atoms with van der Waals surface area (Å²) in [6.07, 6.45) is -4.45. The molecular formula is C12H8F3IN2O2. The van der Waals surface area contributed by atoms with Crippen LogP contribution in [0, 0.1) is 3.57 Å². The van der Waals surface area contributed by atoms with Crippen molar-refractivity contribution in [1.29, 1.82) is 0 Å². The van der Waals surface area contributed by atoms with Gasteiger partial charge < -0.3 is 5.11 Å². The number of aromatic carboxylic acids is 1. The van der Waals surface area contributed by atoms with Crippen LogP contribution in [0.25, 0.3) is 11.3 Å². The smallest absolute Gasteiger partial charge is 0.416 e. The Balaban J connectivity index is 2.58. The number of halogens is 4. The van der Waals surface area contributed by atoms with Crippen molar-refractivity contribution in [2.45, 2.75) is 6.18 Å². The highest BCUT2D eigenvalue weighted by atomic mass is 127. The Morgan fingerprint density at radius 2 is 2.05 bits per heavy atom. The van der Waals surface area contributed by atoms with Crippen molar-refractivity contribution in [3.63, 3.8) is 0 Å². The summed E-state index contributed by atoms with van der Waals surface area (Å²) >= 11 is 1.77. The molecule has 2 aromatic rings. The van der Waals surface area contributed by atoms with Crippen LogP contribution in [-0.2, 0) is 13.2 Å². The summed E-state index contributed by atoms with van der Waals surface area (Å²) in [4.78, 5) is 11.1. The zero-order valence-corrected chi connectivity index (χ0v) is 12.2. The molecule has 0 aliphatic rings. The zero-order chi connectivity index (χ0) is 15.1. The van der Waals surface area contributed by atoms with Crippen molar-refractivity contribution in [1.82, 2.24) is 9.78 Å². The molecule has 0 saturated carbocycles. The molecule has 8 heteroatoms. The second-order valence-corrected chi connectivity index (χ2v) is 5.10. The fourth-order valence-corrected chi connectivity index (χ4v) is 2.76. The van der Waals surface area contributed by atoms with E-state index < -0.39 is 17.7 Å². The summed E-state index contributed by atoms with van der Waals surface area (Å²) < 4.78 is 39.5. The van der Waals surface area contributed by atoms with E-state index in [4.69, 9.17) is 5.11 Å². The van der Waals surface area contributed by atoms with E-state index in [0.29, 0.717) is 3.57 Å². The number of carbonyl (C=O) groups is 1. The van der Waals surface area contributed by atoms with Crippen LogP contribution in [0.15, 0.2) is 24.3 Å². The molecular weight excluding hydrogens is 388 g/mol. The van der Waals surface area contributed by atoms with Crippen LogP contribution in [0.3, 0.4) is 0 Å². The van der Waals surface area contributed by atoms with E-state index in [0.717, 1.165) is 16.8 Å². The Kier molecular flexibility index (Phi) is 3.76. The molecule has 1 heterocycles. The second kappa shape index (κ2) is 5.08. The molecule has 0 aliphatic carbocycles. The van der Waals surface area contributed by atoms with E-state index in [9.17, 15) is 18.0 Å². The Hall–Kier alpha value is -1.58. The molecule has 0 radical (unpaired) electrons. The minimum absolute atomic E-state index is 0.0574. The summed E-state index contributed by atoms with van der Waals surface area (Å²) in [5, 5.41) is 13.0. The van der Waals surface area contributed by atoms with Gasteiger partial charge in [0.15, 0.2) is 5.69 Å². The number of alkyl halides is 3. The van der Waals surface area contributed by atoms with Gasteiger partial charge in [0.1, 0.15) is 5.69 Å². The van der Waals surface area contributed by atoms with E-state index in [-0.39, 0.29) is 17.0 Å². The van der Waals surface area contributed by atoms with Gasteiger partial charge in [0, 0.05) is 12.6 Å². The average molecular weight is 396 g/mol. The summed E-state index contributed by atoms with van der Waals surface area (Å²) in [5.74, 6) is -1.18. The molecule has 0 atom stereocenters. The lowest BCUT2D eigenvalue weighted by Gasteiger charge is -2.07. The largest absolute Gasteiger partial charge is 0.476 e. The van der Waals surface area contributed by atoms with Gasteiger partial charge in [0.2, 0.25) is 0 Å². The molecule has 1 aromatic heterocycles. The Morgan fingerprint density at radius 3 is 2.55 bits per heavy atom. The van der Waals surface area contributed by atoms with E-state index in [1.54, 1.807) is 22.6 Å². The lowest BCUT2D eigenvalue weighted by molar-refractivity contribution is -0.137. The number of nitrogens with zero attached hydrogens (tertiary/aromatic N) is 2. The SMILES string of the molecule is Cn1nc(-c2cccc(C(F)(F)F)c2)c(I)c1C(=O)O. The van der Waals surface area contributed by atoms with Gasteiger partial charge in [0.25, 0.3) is 0 Å². The van der Waals surface area contributed by atoms with Crippen LogP contribution in [-0.4, -0.2) is 20.9 Å². The van der Waals surface area contributed by atoms with E-state index in [1.807, 2.05) is 0 Å². The van der Waals surface area contributed by atoms with Crippen LogP contribution in [0.4, 0.5) is 13.2 Å². The molecule has 106 valence electrons. The van der Waals surface area contributed by atoms with Crippen LogP contribution < -0.4 is 0 Å². The number of aryl methyl sites for hydroxylation is 1. The van der Waals surface area contributed by atoms with Gasteiger partial charge >= 0.3 is 12.1 Å². The predicted molar refractivity (Wildman–Crippen MR) is 73.3 cm³/mol. The molecule has 0 fully saturated rings. The quantitative estimate of drug-likeness (QED) is 0.792. The monoisotopic (exact) mass is 396 g/mol. The Morgan fingerprint density at radius 1 is 1.40 bits per heavy atom. The average Bonchev–Trinajstić information content (AvgIpc) is 2.64. The zero-order valence-electron chi connectivity index (χ0n) is 10.1. The van der Waals surface area contributed by atoms with E-state index in [2.05, 4.69) is 5.10 Å². The topological polar surface area (TPSA) is 55.1 Å². The maximum absolute atomic E-state index is 12.7. The first kappa shape index (κ1) is 14.8. The molecule has 4 nitrogen and oxygen atoms in total. The number of rotatable bonds is 2. The minimum Gasteiger partial charge on any atom is -0.476 e. The first-order chi connectivity index (χ1) is 9.21. The molecule has 0 saturated heterocycles. The standard InChI is InChI=1S/C12H8F3IN2O2/c1-18-10(11(19)20)8(16)9(17-18)6-3-2-4-7(5-6)12(13,14)15/h2-5H,1H3,(H,19,20). The highest BCUT2D eigenvalue weighted by Gasteiger charge is 2.31. The second-order valence-electron chi connectivity index (χ2n) is 4.02. The van der Waals surface area contributed by atoms with E-state index in [1.165, 1.54) is 19.2 Å². The van der Waals surface area contributed by atoms with Crippen molar-refractivity contribution in [3.05, 3.63) is 39.1 Å². The van der Waals surface area contributed by atoms with Gasteiger partial charge in [0.05, 0.1) is 9.13 Å². The number of aromatic nitrogens is 2. The minimum atomic E-state index is -4.45. The highest BCUT2D eigenvalue weighted by molar-refractivity contribution is 14.1. The normalized spacial score (nSPS) is 11.7. The predicted octanol–water partition coefficient (Wildman–Crippen LogP) is 3.41. The summed E-state index contributed by atoms with van der Waals surface area (Å²) in [5.41, 5.74) is -0.407. The first-order valence-electron chi connectivity index (χ1n) is 5.35. The van der Waals surface area contributed by atoms with Crippen molar-refractivity contribution in [2.75, 3.05) is 0 Å². The third-order valence-electron chi connectivity index (χ3n) is 2.66. The van der Waals surface area contributed by atoms with E-state index >= 15 is 0 Å². The Labute approximate surface area is 125 Å². The molecule has 20 heavy (non-hydrogen) atoms. The van der Waals surface area contributed by atoms with Crippen molar-refractivity contribution < 1.29 is 23.1 Å². The lowest BCUT2D eigenvalue weighted by atomic mass is 10.1. The van der Waals surface area contributed by atoms with Crippen molar-refractivity contribution >= 4 is 28.6 Å². The number of hydrogen-bond acceptors (Lipinski definition) is 2.